The van der Waals surface area contributed by atoms with E-state index in [1.165, 1.54) is 0 Å². The lowest BCUT2D eigenvalue weighted by Crippen LogP contribution is -2.37. The Bertz CT molecular complexity index is 1030. The molecule has 0 aliphatic carbocycles. The number of benzene rings is 2. The first-order valence-electron chi connectivity index (χ1n) is 8.42. The Labute approximate surface area is 161 Å². The van der Waals surface area contributed by atoms with E-state index < -0.39 is 10.0 Å². The minimum Gasteiger partial charge on any atom is -0.491 e. The van der Waals surface area contributed by atoms with Gasteiger partial charge in [0.05, 0.1) is 10.9 Å². The highest BCUT2D eigenvalue weighted by molar-refractivity contribution is 7.89. The first kappa shape index (κ1) is 20.9. The number of hydrogen-bond acceptors (Lipinski definition) is 4. The molecule has 27 heavy (non-hydrogen) atoms. The average Bonchev–Trinajstić information content (AvgIpc) is 2.61. The van der Waals surface area contributed by atoms with Crippen LogP contribution in [0.15, 0.2) is 59.8 Å². The molecular formula is C21H26N2O3S. The standard InChI is InChI=1S/C20H22N2O3S.CH4/c1-14-7-8-15(2)20(11-14)26(23,24)22-16(3)13-25-19-6-4-5-17-12-21-10-9-18(17)19;/h4-12,16,22H,13H2,1-3H3;1H4/t16-;/m0./s1. The zero-order chi connectivity index (χ0) is 18.7. The predicted molar refractivity (Wildman–Crippen MR) is 110 cm³/mol. The Balaban J connectivity index is 0.00000261. The molecule has 0 spiro atoms. The summed E-state index contributed by atoms with van der Waals surface area (Å²) in [4.78, 5) is 4.41. The maximum Gasteiger partial charge on any atom is 0.241 e. The lowest BCUT2D eigenvalue weighted by Gasteiger charge is -2.17. The van der Waals surface area contributed by atoms with E-state index in [1.54, 1.807) is 32.3 Å². The van der Waals surface area contributed by atoms with Gasteiger partial charge in [0.25, 0.3) is 0 Å². The van der Waals surface area contributed by atoms with Crippen LogP contribution in [-0.2, 0) is 10.0 Å². The Morgan fingerprint density at radius 2 is 1.93 bits per heavy atom. The lowest BCUT2D eigenvalue weighted by molar-refractivity contribution is 0.290. The molecule has 144 valence electrons. The Hall–Kier alpha value is -2.44. The number of pyridine rings is 1. The molecular weight excluding hydrogens is 360 g/mol. The highest BCUT2D eigenvalue weighted by Gasteiger charge is 2.20. The quantitative estimate of drug-likeness (QED) is 0.688. The largest absolute Gasteiger partial charge is 0.491 e. The molecule has 1 atom stereocenters. The molecule has 0 saturated carbocycles. The molecule has 0 radical (unpaired) electrons. The number of sulfonamides is 1. The SMILES string of the molecule is C.Cc1ccc(C)c(S(=O)(=O)N[C@@H](C)COc2cccc3cnccc23)c1. The number of ether oxygens (including phenoxy) is 1. The van der Waals surface area contributed by atoms with Gasteiger partial charge in [-0.25, -0.2) is 13.1 Å². The van der Waals surface area contributed by atoms with Crippen molar-refractivity contribution in [3.8, 4) is 5.75 Å². The normalized spacial score (nSPS) is 12.4. The molecule has 1 N–H and O–H groups in total. The topological polar surface area (TPSA) is 68.3 Å². The molecule has 1 aromatic heterocycles. The second-order valence-corrected chi connectivity index (χ2v) is 8.14. The van der Waals surface area contributed by atoms with Gasteiger partial charge in [-0.05, 0) is 50.1 Å². The van der Waals surface area contributed by atoms with Gasteiger partial charge in [-0.15, -0.1) is 0 Å². The molecule has 3 aromatic rings. The predicted octanol–water partition coefficient (Wildman–Crippen LogP) is 4.23. The van der Waals surface area contributed by atoms with Crippen LogP contribution in [0, 0.1) is 13.8 Å². The van der Waals surface area contributed by atoms with Crippen LogP contribution in [0.1, 0.15) is 25.5 Å². The first-order valence-corrected chi connectivity index (χ1v) is 9.90. The summed E-state index contributed by atoms with van der Waals surface area (Å²) in [7, 11) is -3.60. The molecule has 0 saturated heterocycles. The summed E-state index contributed by atoms with van der Waals surface area (Å²) in [5.41, 5.74) is 1.63. The molecule has 0 fully saturated rings. The van der Waals surface area contributed by atoms with Crippen molar-refractivity contribution in [2.75, 3.05) is 6.61 Å². The Morgan fingerprint density at radius 3 is 2.70 bits per heavy atom. The van der Waals surface area contributed by atoms with Gasteiger partial charge in [-0.2, -0.15) is 0 Å². The minimum absolute atomic E-state index is 0. The molecule has 0 aliphatic heterocycles. The van der Waals surface area contributed by atoms with Gasteiger partial charge in [-0.3, -0.25) is 4.98 Å². The number of nitrogens with one attached hydrogen (secondary N) is 1. The Morgan fingerprint density at radius 1 is 1.15 bits per heavy atom. The van der Waals surface area contributed by atoms with Crippen LogP contribution in [0.25, 0.3) is 10.8 Å². The van der Waals surface area contributed by atoms with Crippen molar-refractivity contribution in [1.82, 2.24) is 9.71 Å². The van der Waals surface area contributed by atoms with Crippen LogP contribution < -0.4 is 9.46 Å². The van der Waals surface area contributed by atoms with Crippen molar-refractivity contribution >= 4 is 20.8 Å². The van der Waals surface area contributed by atoms with Crippen molar-refractivity contribution in [2.45, 2.75) is 39.1 Å². The second kappa shape index (κ2) is 8.50. The van der Waals surface area contributed by atoms with Gasteiger partial charge >= 0.3 is 0 Å². The third kappa shape index (κ3) is 4.84. The molecule has 3 rings (SSSR count). The molecule has 0 unspecified atom stereocenters. The van der Waals surface area contributed by atoms with Crippen molar-refractivity contribution in [3.63, 3.8) is 0 Å². The van der Waals surface area contributed by atoms with E-state index in [9.17, 15) is 8.42 Å². The van der Waals surface area contributed by atoms with Gasteiger partial charge in [-0.1, -0.05) is 31.7 Å². The smallest absolute Gasteiger partial charge is 0.241 e. The third-order valence-electron chi connectivity index (χ3n) is 4.12. The molecule has 1 heterocycles. The van der Waals surface area contributed by atoms with Crippen molar-refractivity contribution in [2.24, 2.45) is 0 Å². The molecule has 6 heteroatoms. The van der Waals surface area contributed by atoms with E-state index in [2.05, 4.69) is 9.71 Å². The molecule has 0 aliphatic rings. The number of nitrogens with zero attached hydrogens (tertiary/aromatic N) is 1. The van der Waals surface area contributed by atoms with Gasteiger partial charge in [0.2, 0.25) is 10.0 Å². The Kier molecular flexibility index (Phi) is 6.57. The van der Waals surface area contributed by atoms with E-state index in [4.69, 9.17) is 4.74 Å². The zero-order valence-electron chi connectivity index (χ0n) is 15.1. The molecule has 0 bridgehead atoms. The summed E-state index contributed by atoms with van der Waals surface area (Å²) in [5.74, 6) is 0.711. The van der Waals surface area contributed by atoms with Gasteiger partial charge in [0, 0.05) is 23.2 Å². The fraction of sp³-hybridized carbons (Fsp3) is 0.286. The second-order valence-electron chi connectivity index (χ2n) is 6.46. The zero-order valence-corrected chi connectivity index (χ0v) is 15.9. The van der Waals surface area contributed by atoms with Crippen LogP contribution in [0.4, 0.5) is 0 Å². The molecule has 0 amide bonds. The van der Waals surface area contributed by atoms with E-state index in [-0.39, 0.29) is 20.1 Å². The maximum absolute atomic E-state index is 12.7. The van der Waals surface area contributed by atoms with E-state index in [1.807, 2.05) is 43.3 Å². The van der Waals surface area contributed by atoms with E-state index >= 15 is 0 Å². The van der Waals surface area contributed by atoms with E-state index in [0.29, 0.717) is 10.6 Å². The fourth-order valence-corrected chi connectivity index (χ4v) is 4.35. The minimum atomic E-state index is -3.60. The summed E-state index contributed by atoms with van der Waals surface area (Å²) in [6.07, 6.45) is 3.48. The van der Waals surface area contributed by atoms with Crippen molar-refractivity contribution < 1.29 is 13.2 Å². The number of hydrogen-bond donors (Lipinski definition) is 1. The summed E-state index contributed by atoms with van der Waals surface area (Å²) < 4.78 is 33.9. The molecule has 5 nitrogen and oxygen atoms in total. The summed E-state index contributed by atoms with van der Waals surface area (Å²) in [6.45, 7) is 5.68. The van der Waals surface area contributed by atoms with Crippen LogP contribution in [0.3, 0.4) is 0 Å². The van der Waals surface area contributed by atoms with Crippen molar-refractivity contribution in [1.29, 1.82) is 0 Å². The van der Waals surface area contributed by atoms with E-state index in [0.717, 1.165) is 21.9 Å². The highest BCUT2D eigenvalue weighted by atomic mass is 32.2. The van der Waals surface area contributed by atoms with Gasteiger partial charge < -0.3 is 4.74 Å². The number of fused-ring (bicyclic) bond motifs is 1. The van der Waals surface area contributed by atoms with Crippen LogP contribution in [0.5, 0.6) is 5.75 Å². The number of aryl methyl sites for hydroxylation is 2. The number of rotatable bonds is 6. The van der Waals surface area contributed by atoms with Crippen molar-refractivity contribution in [3.05, 3.63) is 66.0 Å². The van der Waals surface area contributed by atoms with Gasteiger partial charge in [0.1, 0.15) is 12.4 Å². The monoisotopic (exact) mass is 386 g/mol. The van der Waals surface area contributed by atoms with Gasteiger partial charge in [0.15, 0.2) is 0 Å². The average molecular weight is 387 g/mol. The van der Waals surface area contributed by atoms with Crippen LogP contribution >= 0.6 is 0 Å². The number of aromatic nitrogens is 1. The maximum atomic E-state index is 12.7. The highest BCUT2D eigenvalue weighted by Crippen LogP contribution is 2.24. The van der Waals surface area contributed by atoms with Crippen LogP contribution in [0.2, 0.25) is 0 Å². The lowest BCUT2D eigenvalue weighted by atomic mass is 10.1. The van der Waals surface area contributed by atoms with Crippen LogP contribution in [-0.4, -0.2) is 26.1 Å². The summed E-state index contributed by atoms with van der Waals surface area (Å²) in [6, 6.07) is 12.6. The fourth-order valence-electron chi connectivity index (χ4n) is 2.79. The first-order chi connectivity index (χ1) is 12.4. The summed E-state index contributed by atoms with van der Waals surface area (Å²) >= 11 is 0. The molecule has 2 aromatic carbocycles. The summed E-state index contributed by atoms with van der Waals surface area (Å²) in [5, 5.41) is 1.93. The third-order valence-corrected chi connectivity index (χ3v) is 5.85.